The van der Waals surface area contributed by atoms with Gasteiger partial charge in [0.25, 0.3) is 5.91 Å². The van der Waals surface area contributed by atoms with Gasteiger partial charge in [0.15, 0.2) is 18.1 Å². The van der Waals surface area contributed by atoms with Crippen LogP contribution >= 0.6 is 0 Å². The number of hydrogen-bond donors (Lipinski definition) is 3. The van der Waals surface area contributed by atoms with Crippen LogP contribution in [0.15, 0.2) is 48.5 Å². The smallest absolute Gasteiger partial charge is 0.258 e. The lowest BCUT2D eigenvalue weighted by Gasteiger charge is -2.22. The van der Waals surface area contributed by atoms with Gasteiger partial charge in [0.05, 0.1) is 6.61 Å². The van der Waals surface area contributed by atoms with Crippen molar-refractivity contribution in [3.8, 4) is 11.5 Å². The molecule has 6 nitrogen and oxygen atoms in total. The molecule has 0 atom stereocenters. The Morgan fingerprint density at radius 2 is 1.79 bits per heavy atom. The first kappa shape index (κ1) is 21.0. The number of hydrazine groups is 1. The number of carbonyl (C=O) groups is 1. The summed E-state index contributed by atoms with van der Waals surface area (Å²) in [5.41, 5.74) is 8.41. The van der Waals surface area contributed by atoms with E-state index in [1.54, 1.807) is 0 Å². The Kier molecular flexibility index (Phi) is 8.19. The van der Waals surface area contributed by atoms with Crippen LogP contribution in [0.5, 0.6) is 11.5 Å². The quantitative estimate of drug-likeness (QED) is 0.528. The fourth-order valence-electron chi connectivity index (χ4n) is 3.48. The second-order valence-corrected chi connectivity index (χ2v) is 7.25. The molecule has 2 aromatic carbocycles. The zero-order valence-electron chi connectivity index (χ0n) is 17.1. The van der Waals surface area contributed by atoms with Crippen LogP contribution in [0.3, 0.4) is 0 Å². The number of nitrogens with one attached hydrogen (secondary N) is 3. The molecule has 0 unspecified atom stereocenters. The summed E-state index contributed by atoms with van der Waals surface area (Å²) in [4.78, 5) is 12.2. The standard InChI is InChI=1S/C23H31N3O3/c1-2-28-22-15-18(16-24-26-20-11-7-4-8-12-20)13-14-21(22)29-17-23(27)25-19-9-5-3-6-10-19/h4,7-8,11-15,19,24,26H,2-3,5-6,9-10,16-17H2,1H3,(H,25,27). The van der Waals surface area contributed by atoms with Crippen LogP contribution in [0.1, 0.15) is 44.6 Å². The first-order chi connectivity index (χ1) is 14.2. The van der Waals surface area contributed by atoms with Gasteiger partial charge in [-0.2, -0.15) is 0 Å². The first-order valence-corrected chi connectivity index (χ1v) is 10.5. The van der Waals surface area contributed by atoms with Crippen molar-refractivity contribution in [3.05, 3.63) is 54.1 Å². The summed E-state index contributed by atoms with van der Waals surface area (Å²) in [5.74, 6) is 1.17. The minimum atomic E-state index is -0.0721. The topological polar surface area (TPSA) is 71.6 Å². The summed E-state index contributed by atoms with van der Waals surface area (Å²) in [6.45, 7) is 3.09. The molecule has 6 heteroatoms. The van der Waals surface area contributed by atoms with E-state index in [0.717, 1.165) is 24.1 Å². The molecule has 1 fully saturated rings. The molecule has 156 valence electrons. The lowest BCUT2D eigenvalue weighted by molar-refractivity contribution is -0.124. The fourth-order valence-corrected chi connectivity index (χ4v) is 3.48. The van der Waals surface area contributed by atoms with Crippen LogP contribution in [-0.4, -0.2) is 25.2 Å². The van der Waals surface area contributed by atoms with Crippen LogP contribution in [-0.2, 0) is 11.3 Å². The summed E-state index contributed by atoms with van der Waals surface area (Å²) in [6, 6.07) is 16.0. The maximum absolute atomic E-state index is 12.2. The van der Waals surface area contributed by atoms with Gasteiger partial charge < -0.3 is 20.2 Å². The van der Waals surface area contributed by atoms with Crippen LogP contribution in [0.25, 0.3) is 0 Å². The Bertz CT molecular complexity index is 761. The molecule has 1 saturated carbocycles. The van der Waals surface area contributed by atoms with Gasteiger partial charge in [0.1, 0.15) is 0 Å². The Morgan fingerprint density at radius 3 is 2.55 bits per heavy atom. The Balaban J connectivity index is 1.50. The second kappa shape index (κ2) is 11.3. The molecule has 29 heavy (non-hydrogen) atoms. The summed E-state index contributed by atoms with van der Waals surface area (Å²) in [6.07, 6.45) is 5.77. The van der Waals surface area contributed by atoms with Crippen molar-refractivity contribution < 1.29 is 14.3 Å². The Morgan fingerprint density at radius 1 is 1.00 bits per heavy atom. The molecule has 1 aliphatic rings. The average Bonchev–Trinajstić information content (AvgIpc) is 2.75. The van der Waals surface area contributed by atoms with Crippen molar-refractivity contribution in [1.29, 1.82) is 0 Å². The van der Waals surface area contributed by atoms with E-state index in [0.29, 0.717) is 24.7 Å². The van der Waals surface area contributed by atoms with Crippen molar-refractivity contribution >= 4 is 11.6 Å². The van der Waals surface area contributed by atoms with E-state index in [1.165, 1.54) is 19.3 Å². The third kappa shape index (κ3) is 6.98. The molecule has 0 heterocycles. The number of benzene rings is 2. The van der Waals surface area contributed by atoms with Crippen LogP contribution < -0.4 is 25.6 Å². The van der Waals surface area contributed by atoms with Crippen molar-refractivity contribution in [2.24, 2.45) is 0 Å². The predicted octanol–water partition coefficient (Wildman–Crippen LogP) is 4.03. The molecule has 0 aromatic heterocycles. The zero-order chi connectivity index (χ0) is 20.3. The number of rotatable bonds is 10. The van der Waals surface area contributed by atoms with E-state index in [9.17, 15) is 4.79 Å². The molecule has 3 rings (SSSR count). The van der Waals surface area contributed by atoms with Crippen molar-refractivity contribution in [2.45, 2.75) is 51.6 Å². The number of ether oxygens (including phenoxy) is 2. The third-order valence-electron chi connectivity index (χ3n) is 4.94. The number of carbonyl (C=O) groups excluding carboxylic acids is 1. The van der Waals surface area contributed by atoms with E-state index < -0.39 is 0 Å². The highest BCUT2D eigenvalue weighted by atomic mass is 16.5. The van der Waals surface area contributed by atoms with Gasteiger partial charge in [0.2, 0.25) is 0 Å². The molecule has 0 spiro atoms. The molecule has 0 radical (unpaired) electrons. The van der Waals surface area contributed by atoms with Gasteiger partial charge >= 0.3 is 0 Å². The minimum Gasteiger partial charge on any atom is -0.490 e. The lowest BCUT2D eigenvalue weighted by atomic mass is 9.95. The highest BCUT2D eigenvalue weighted by molar-refractivity contribution is 5.78. The van der Waals surface area contributed by atoms with Crippen molar-refractivity contribution in [2.75, 3.05) is 18.6 Å². The summed E-state index contributed by atoms with van der Waals surface area (Å²) >= 11 is 0. The molecule has 1 aliphatic carbocycles. The number of para-hydroxylation sites is 1. The molecular weight excluding hydrogens is 366 g/mol. The Hall–Kier alpha value is -2.73. The van der Waals surface area contributed by atoms with Gasteiger partial charge in [-0.05, 0) is 49.6 Å². The molecule has 0 aliphatic heterocycles. The van der Waals surface area contributed by atoms with Gasteiger partial charge in [-0.3, -0.25) is 4.79 Å². The van der Waals surface area contributed by atoms with Crippen molar-refractivity contribution in [3.63, 3.8) is 0 Å². The maximum atomic E-state index is 12.2. The van der Waals surface area contributed by atoms with E-state index in [4.69, 9.17) is 9.47 Å². The fraction of sp³-hybridized carbons (Fsp3) is 0.435. The van der Waals surface area contributed by atoms with Crippen LogP contribution in [0.4, 0.5) is 5.69 Å². The molecule has 0 bridgehead atoms. The van der Waals surface area contributed by atoms with Gasteiger partial charge in [-0.15, -0.1) is 0 Å². The van der Waals surface area contributed by atoms with E-state index in [2.05, 4.69) is 16.2 Å². The van der Waals surface area contributed by atoms with Gasteiger partial charge in [0, 0.05) is 18.3 Å². The average molecular weight is 398 g/mol. The van der Waals surface area contributed by atoms with Gasteiger partial charge in [-0.25, -0.2) is 5.43 Å². The first-order valence-electron chi connectivity index (χ1n) is 10.5. The largest absolute Gasteiger partial charge is 0.490 e. The van der Waals surface area contributed by atoms with Crippen molar-refractivity contribution in [1.82, 2.24) is 10.7 Å². The number of anilines is 1. The zero-order valence-corrected chi connectivity index (χ0v) is 17.1. The molecule has 2 aromatic rings. The molecular formula is C23H31N3O3. The predicted molar refractivity (Wildman–Crippen MR) is 115 cm³/mol. The molecule has 1 amide bonds. The monoisotopic (exact) mass is 397 g/mol. The lowest BCUT2D eigenvalue weighted by Crippen LogP contribution is -2.39. The summed E-state index contributed by atoms with van der Waals surface area (Å²) < 4.78 is 11.5. The van der Waals surface area contributed by atoms with E-state index >= 15 is 0 Å². The highest BCUT2D eigenvalue weighted by Crippen LogP contribution is 2.28. The summed E-state index contributed by atoms with van der Waals surface area (Å²) in [7, 11) is 0. The third-order valence-corrected chi connectivity index (χ3v) is 4.94. The van der Waals surface area contributed by atoms with Crippen LogP contribution in [0.2, 0.25) is 0 Å². The van der Waals surface area contributed by atoms with Gasteiger partial charge in [-0.1, -0.05) is 43.5 Å². The molecule has 3 N–H and O–H groups in total. The van der Waals surface area contributed by atoms with E-state index in [-0.39, 0.29) is 18.6 Å². The highest BCUT2D eigenvalue weighted by Gasteiger charge is 2.16. The normalized spacial score (nSPS) is 14.2. The SMILES string of the molecule is CCOc1cc(CNNc2ccccc2)ccc1OCC(=O)NC1CCCCC1. The summed E-state index contributed by atoms with van der Waals surface area (Å²) in [5, 5.41) is 3.07. The number of hydrogen-bond acceptors (Lipinski definition) is 5. The maximum Gasteiger partial charge on any atom is 0.258 e. The Labute approximate surface area is 173 Å². The second-order valence-electron chi connectivity index (χ2n) is 7.25. The van der Waals surface area contributed by atoms with E-state index in [1.807, 2.05) is 55.5 Å². The molecule has 0 saturated heterocycles. The van der Waals surface area contributed by atoms with Crippen LogP contribution in [0, 0.1) is 0 Å². The minimum absolute atomic E-state index is 0.00370. The number of amides is 1.